The fourth-order valence-electron chi connectivity index (χ4n) is 1.74. The minimum absolute atomic E-state index is 0.0579. The summed E-state index contributed by atoms with van der Waals surface area (Å²) in [6.45, 7) is 1.94. The lowest BCUT2D eigenvalue weighted by Crippen LogP contribution is -2.13. The average Bonchev–Trinajstić information content (AvgIpc) is 2.83. The summed E-state index contributed by atoms with van der Waals surface area (Å²) < 4.78 is 30.4. The molecular weight excluding hydrogens is 264 g/mol. The van der Waals surface area contributed by atoms with Crippen LogP contribution in [0.1, 0.15) is 18.7 Å². The maximum atomic E-state index is 11.3. The second-order valence-electron chi connectivity index (χ2n) is 4.30. The van der Waals surface area contributed by atoms with Gasteiger partial charge in [0.05, 0.1) is 29.9 Å². The molecule has 1 unspecified atom stereocenters. The highest BCUT2D eigenvalue weighted by molar-refractivity contribution is 7.92. The van der Waals surface area contributed by atoms with Crippen molar-refractivity contribution in [3.05, 3.63) is 48.4 Å². The molecule has 2 aromatic rings. The van der Waals surface area contributed by atoms with E-state index in [-0.39, 0.29) is 6.04 Å². The normalized spacial score (nSPS) is 12.9. The zero-order valence-corrected chi connectivity index (χ0v) is 11.6. The fourth-order valence-corrected chi connectivity index (χ4v) is 2.32. The third kappa shape index (κ3) is 3.75. The van der Waals surface area contributed by atoms with Crippen LogP contribution in [0.25, 0.3) is 0 Å². The fraction of sp³-hybridized carbons (Fsp3) is 0.231. The Bertz CT molecular complexity index is 636. The van der Waals surface area contributed by atoms with Crippen LogP contribution in [0, 0.1) is 0 Å². The van der Waals surface area contributed by atoms with Crippen molar-refractivity contribution in [2.45, 2.75) is 13.0 Å². The van der Waals surface area contributed by atoms with Crippen LogP contribution < -0.4 is 10.0 Å². The van der Waals surface area contributed by atoms with Crippen molar-refractivity contribution >= 4 is 21.4 Å². The van der Waals surface area contributed by atoms with E-state index in [0.29, 0.717) is 11.4 Å². The van der Waals surface area contributed by atoms with Gasteiger partial charge in [0, 0.05) is 0 Å². The number of hydrogen-bond acceptors (Lipinski definition) is 4. The van der Waals surface area contributed by atoms with E-state index in [4.69, 9.17) is 4.42 Å². The minimum Gasteiger partial charge on any atom is -0.467 e. The van der Waals surface area contributed by atoms with Gasteiger partial charge in [-0.1, -0.05) is 12.1 Å². The zero-order valence-electron chi connectivity index (χ0n) is 10.8. The molecule has 5 nitrogen and oxygen atoms in total. The molecule has 6 heteroatoms. The zero-order chi connectivity index (χ0) is 13.9. The van der Waals surface area contributed by atoms with Crippen molar-refractivity contribution in [3.63, 3.8) is 0 Å². The number of sulfonamides is 1. The Hall–Kier alpha value is -1.95. The molecule has 0 fully saturated rings. The van der Waals surface area contributed by atoms with E-state index < -0.39 is 10.0 Å². The van der Waals surface area contributed by atoms with Gasteiger partial charge in [-0.3, -0.25) is 4.72 Å². The van der Waals surface area contributed by atoms with E-state index in [1.54, 1.807) is 18.4 Å². The van der Waals surface area contributed by atoms with Crippen molar-refractivity contribution in [1.82, 2.24) is 0 Å². The molecule has 0 bridgehead atoms. The lowest BCUT2D eigenvalue weighted by Gasteiger charge is -2.16. The maximum Gasteiger partial charge on any atom is 0.229 e. The van der Waals surface area contributed by atoms with Gasteiger partial charge >= 0.3 is 0 Å². The number of benzene rings is 1. The van der Waals surface area contributed by atoms with Gasteiger partial charge in [0.2, 0.25) is 10.0 Å². The van der Waals surface area contributed by atoms with Crippen LogP contribution in [0.2, 0.25) is 0 Å². The number of anilines is 2. The van der Waals surface area contributed by atoms with Gasteiger partial charge in [0.25, 0.3) is 0 Å². The highest BCUT2D eigenvalue weighted by Crippen LogP contribution is 2.26. The van der Waals surface area contributed by atoms with Crippen molar-refractivity contribution < 1.29 is 12.8 Å². The summed E-state index contributed by atoms with van der Waals surface area (Å²) >= 11 is 0. The average molecular weight is 280 g/mol. The third-order valence-corrected chi connectivity index (χ3v) is 3.16. The Labute approximate surface area is 112 Å². The van der Waals surface area contributed by atoms with Crippen molar-refractivity contribution in [3.8, 4) is 0 Å². The molecule has 2 N–H and O–H groups in total. The highest BCUT2D eigenvalue weighted by atomic mass is 32.2. The SMILES string of the molecule is CC(Nc1ccccc1NS(C)(=O)=O)c1ccco1. The summed E-state index contributed by atoms with van der Waals surface area (Å²) in [4.78, 5) is 0. The Morgan fingerprint density at radius 2 is 1.79 bits per heavy atom. The standard InChI is InChI=1S/C13H16N2O3S/c1-10(13-8-5-9-18-13)14-11-6-3-4-7-12(11)15-19(2,16)17/h3-10,14-15H,1-2H3. The molecule has 0 radical (unpaired) electrons. The van der Waals surface area contributed by atoms with E-state index >= 15 is 0 Å². The molecule has 0 aliphatic carbocycles. The summed E-state index contributed by atoms with van der Waals surface area (Å²) in [6.07, 6.45) is 2.73. The second kappa shape index (κ2) is 5.36. The molecule has 0 amide bonds. The molecule has 1 atom stereocenters. The molecule has 0 saturated carbocycles. The van der Waals surface area contributed by atoms with E-state index in [1.165, 1.54) is 0 Å². The molecule has 2 rings (SSSR count). The topological polar surface area (TPSA) is 71.3 Å². The van der Waals surface area contributed by atoms with Gasteiger partial charge in [-0.2, -0.15) is 0 Å². The van der Waals surface area contributed by atoms with Gasteiger partial charge in [0.1, 0.15) is 5.76 Å². The van der Waals surface area contributed by atoms with Crippen LogP contribution >= 0.6 is 0 Å². The van der Waals surface area contributed by atoms with Gasteiger partial charge < -0.3 is 9.73 Å². The number of rotatable bonds is 5. The molecule has 1 aromatic heterocycles. The predicted molar refractivity (Wildman–Crippen MR) is 75.7 cm³/mol. The molecule has 1 heterocycles. The first-order chi connectivity index (χ1) is 8.96. The first-order valence-corrected chi connectivity index (χ1v) is 7.71. The second-order valence-corrected chi connectivity index (χ2v) is 6.05. The smallest absolute Gasteiger partial charge is 0.229 e. The van der Waals surface area contributed by atoms with E-state index in [0.717, 1.165) is 12.0 Å². The van der Waals surface area contributed by atoms with E-state index in [9.17, 15) is 8.42 Å². The third-order valence-electron chi connectivity index (χ3n) is 2.56. The lowest BCUT2D eigenvalue weighted by molar-refractivity contribution is 0.490. The van der Waals surface area contributed by atoms with Crippen molar-refractivity contribution in [2.24, 2.45) is 0 Å². The molecule has 0 aliphatic heterocycles. The number of nitrogens with one attached hydrogen (secondary N) is 2. The van der Waals surface area contributed by atoms with Gasteiger partial charge in [-0.05, 0) is 31.2 Å². The van der Waals surface area contributed by atoms with Crippen LogP contribution in [0.5, 0.6) is 0 Å². The summed E-state index contributed by atoms with van der Waals surface area (Å²) in [6, 6.07) is 10.8. The summed E-state index contributed by atoms with van der Waals surface area (Å²) in [7, 11) is -3.30. The molecule has 0 saturated heterocycles. The number of hydrogen-bond donors (Lipinski definition) is 2. The molecule has 1 aromatic carbocycles. The van der Waals surface area contributed by atoms with Crippen LogP contribution in [-0.4, -0.2) is 14.7 Å². The summed E-state index contributed by atoms with van der Waals surface area (Å²) in [5.41, 5.74) is 1.22. The quantitative estimate of drug-likeness (QED) is 0.883. The molecule has 0 aliphatic rings. The molecule has 102 valence electrons. The van der Waals surface area contributed by atoms with Gasteiger partial charge in [-0.15, -0.1) is 0 Å². The first-order valence-electron chi connectivity index (χ1n) is 5.82. The lowest BCUT2D eigenvalue weighted by atomic mass is 10.2. The summed E-state index contributed by atoms with van der Waals surface area (Å²) in [5, 5.41) is 3.21. The Morgan fingerprint density at radius 1 is 1.11 bits per heavy atom. The van der Waals surface area contributed by atoms with E-state index in [1.807, 2.05) is 31.2 Å². The number of furan rings is 1. The van der Waals surface area contributed by atoms with Gasteiger partial charge in [-0.25, -0.2) is 8.42 Å². The van der Waals surface area contributed by atoms with Crippen LogP contribution in [0.3, 0.4) is 0 Å². The van der Waals surface area contributed by atoms with Crippen LogP contribution in [0.15, 0.2) is 47.1 Å². The van der Waals surface area contributed by atoms with Crippen molar-refractivity contribution in [1.29, 1.82) is 0 Å². The highest BCUT2D eigenvalue weighted by Gasteiger charge is 2.12. The number of para-hydroxylation sites is 2. The molecular formula is C13H16N2O3S. The predicted octanol–water partition coefficient (Wildman–Crippen LogP) is 2.82. The molecule has 19 heavy (non-hydrogen) atoms. The van der Waals surface area contributed by atoms with Crippen LogP contribution in [-0.2, 0) is 10.0 Å². The van der Waals surface area contributed by atoms with Crippen molar-refractivity contribution in [2.75, 3.05) is 16.3 Å². The Kier molecular flexibility index (Phi) is 3.80. The van der Waals surface area contributed by atoms with Crippen LogP contribution in [0.4, 0.5) is 11.4 Å². The Balaban J connectivity index is 2.21. The monoisotopic (exact) mass is 280 g/mol. The largest absolute Gasteiger partial charge is 0.467 e. The minimum atomic E-state index is -3.30. The summed E-state index contributed by atoms with van der Waals surface area (Å²) in [5.74, 6) is 0.786. The Morgan fingerprint density at radius 3 is 2.37 bits per heavy atom. The van der Waals surface area contributed by atoms with Gasteiger partial charge in [0.15, 0.2) is 0 Å². The first kappa shape index (κ1) is 13.5. The molecule has 0 spiro atoms. The maximum absolute atomic E-state index is 11.3. The van der Waals surface area contributed by atoms with E-state index in [2.05, 4.69) is 10.0 Å².